The zero-order valence-corrected chi connectivity index (χ0v) is 21.1. The summed E-state index contributed by atoms with van der Waals surface area (Å²) in [6, 6.07) is 16.1. The second-order valence-corrected chi connectivity index (χ2v) is 9.72. The van der Waals surface area contributed by atoms with Crippen LogP contribution in [-0.4, -0.2) is 36.1 Å². The van der Waals surface area contributed by atoms with Gasteiger partial charge in [0.15, 0.2) is 12.2 Å². The quantitative estimate of drug-likeness (QED) is 0.245. The van der Waals surface area contributed by atoms with Gasteiger partial charge in [-0.3, -0.25) is 0 Å². The minimum absolute atomic E-state index is 0.100. The molecular formula is C30H42O4. The van der Waals surface area contributed by atoms with Crippen molar-refractivity contribution in [2.75, 3.05) is 6.61 Å². The van der Waals surface area contributed by atoms with Crippen LogP contribution in [0.15, 0.2) is 61.2 Å². The highest BCUT2D eigenvalue weighted by molar-refractivity contribution is 5.28. The summed E-state index contributed by atoms with van der Waals surface area (Å²) in [5, 5.41) is 10.1. The molecule has 2 aromatic rings. The van der Waals surface area contributed by atoms with Gasteiger partial charge in [-0.2, -0.15) is 0 Å². The van der Waals surface area contributed by atoms with E-state index in [1.54, 1.807) is 0 Å². The number of aliphatic hydroxyl groups excluding tert-OH is 1. The van der Waals surface area contributed by atoms with E-state index in [4.69, 9.17) is 14.2 Å². The van der Waals surface area contributed by atoms with Crippen molar-refractivity contribution in [3.63, 3.8) is 0 Å². The third kappa shape index (κ3) is 7.61. The molecule has 1 N–H and O–H groups in total. The Balaban J connectivity index is 1.69. The van der Waals surface area contributed by atoms with Crippen LogP contribution in [-0.2, 0) is 4.74 Å². The van der Waals surface area contributed by atoms with E-state index < -0.39 is 6.10 Å². The van der Waals surface area contributed by atoms with Gasteiger partial charge in [0.1, 0.15) is 23.7 Å². The predicted octanol–water partition coefficient (Wildman–Crippen LogP) is 6.81. The molecule has 1 aliphatic rings. The third-order valence-corrected chi connectivity index (χ3v) is 6.74. The van der Waals surface area contributed by atoms with Crippen LogP contribution in [0.3, 0.4) is 0 Å². The smallest absolute Gasteiger partial charge is 0.166 e. The summed E-state index contributed by atoms with van der Waals surface area (Å²) >= 11 is 0. The summed E-state index contributed by atoms with van der Waals surface area (Å²) in [7, 11) is 0. The molecule has 186 valence electrons. The number of benzene rings is 2. The maximum atomic E-state index is 10.1. The molecule has 0 aliphatic carbocycles. The highest BCUT2D eigenvalue weighted by atomic mass is 16.6. The van der Waals surface area contributed by atoms with E-state index in [-0.39, 0.29) is 24.9 Å². The van der Waals surface area contributed by atoms with Gasteiger partial charge < -0.3 is 19.3 Å². The van der Waals surface area contributed by atoms with Crippen LogP contribution in [0.5, 0.6) is 11.5 Å². The summed E-state index contributed by atoms with van der Waals surface area (Å²) in [5.41, 5.74) is 2.37. The number of allylic oxidation sites excluding steroid dienone is 1. The summed E-state index contributed by atoms with van der Waals surface area (Å²) in [5.74, 6) is 1.86. The molecule has 1 unspecified atom stereocenters. The zero-order valence-electron chi connectivity index (χ0n) is 21.1. The van der Waals surface area contributed by atoms with E-state index in [0.717, 1.165) is 24.3 Å². The first kappa shape index (κ1) is 26.3. The Morgan fingerprint density at radius 2 is 1.38 bits per heavy atom. The van der Waals surface area contributed by atoms with E-state index in [9.17, 15) is 5.11 Å². The highest BCUT2D eigenvalue weighted by Crippen LogP contribution is 2.35. The number of rotatable bonds is 14. The van der Waals surface area contributed by atoms with Gasteiger partial charge in [0.25, 0.3) is 0 Å². The molecule has 0 saturated carbocycles. The van der Waals surface area contributed by atoms with Crippen LogP contribution < -0.4 is 9.47 Å². The molecule has 0 amide bonds. The standard InChI is InChI=1S/C30H42O4/c1-5-6-7-8-9-10-11-12-24(4)28-30(33-26-19-15-23(3)16-20-26)29(27(21-31)34-28)32-25-17-13-22(2)14-18-25/h5,13-20,24,27-31H,1,6-12,21H2,2-4H3/t24?,27-,28+,29-,30-/m1/s1. The van der Waals surface area contributed by atoms with Crippen molar-refractivity contribution in [2.24, 2.45) is 5.92 Å². The van der Waals surface area contributed by atoms with Gasteiger partial charge in [-0.05, 0) is 63.3 Å². The number of unbranched alkanes of at least 4 members (excludes halogenated alkanes) is 5. The molecule has 1 fully saturated rings. The fourth-order valence-corrected chi connectivity index (χ4v) is 4.63. The Labute approximate surface area is 205 Å². The minimum atomic E-state index is -0.428. The molecule has 34 heavy (non-hydrogen) atoms. The molecule has 3 rings (SSSR count). The summed E-state index contributed by atoms with van der Waals surface area (Å²) in [6.07, 6.45) is 9.05. The number of ether oxygens (including phenoxy) is 3. The largest absolute Gasteiger partial charge is 0.484 e. The van der Waals surface area contributed by atoms with E-state index in [2.05, 4.69) is 39.5 Å². The van der Waals surface area contributed by atoms with Crippen LogP contribution in [0.2, 0.25) is 0 Å². The van der Waals surface area contributed by atoms with Crippen molar-refractivity contribution >= 4 is 0 Å². The highest BCUT2D eigenvalue weighted by Gasteiger charge is 2.49. The predicted molar refractivity (Wildman–Crippen MR) is 139 cm³/mol. The molecule has 1 aliphatic heterocycles. The monoisotopic (exact) mass is 466 g/mol. The van der Waals surface area contributed by atoms with Gasteiger partial charge >= 0.3 is 0 Å². The average molecular weight is 467 g/mol. The Kier molecular flexibility index (Phi) is 10.5. The number of hydrogen-bond acceptors (Lipinski definition) is 4. The molecule has 0 radical (unpaired) electrons. The van der Waals surface area contributed by atoms with Crippen molar-refractivity contribution in [1.29, 1.82) is 0 Å². The molecule has 5 atom stereocenters. The van der Waals surface area contributed by atoms with E-state index in [1.807, 2.05) is 42.5 Å². The molecule has 1 saturated heterocycles. The number of aryl methyl sites for hydroxylation is 2. The van der Waals surface area contributed by atoms with E-state index in [0.29, 0.717) is 5.92 Å². The minimum Gasteiger partial charge on any atom is -0.484 e. The van der Waals surface area contributed by atoms with Crippen molar-refractivity contribution in [2.45, 2.75) is 90.1 Å². The second-order valence-electron chi connectivity index (χ2n) is 9.72. The molecule has 4 heteroatoms. The van der Waals surface area contributed by atoms with E-state index in [1.165, 1.54) is 43.2 Å². The Hall–Kier alpha value is -2.30. The maximum absolute atomic E-state index is 10.1. The van der Waals surface area contributed by atoms with Gasteiger partial charge in [0, 0.05) is 0 Å². The van der Waals surface area contributed by atoms with Gasteiger partial charge in [-0.15, -0.1) is 6.58 Å². The van der Waals surface area contributed by atoms with Gasteiger partial charge in [-0.25, -0.2) is 0 Å². The maximum Gasteiger partial charge on any atom is 0.166 e. The first-order chi connectivity index (χ1) is 16.5. The van der Waals surface area contributed by atoms with Crippen LogP contribution in [0.4, 0.5) is 0 Å². The first-order valence-electron chi connectivity index (χ1n) is 12.9. The first-order valence-corrected chi connectivity index (χ1v) is 12.9. The lowest BCUT2D eigenvalue weighted by molar-refractivity contribution is -0.0383. The van der Waals surface area contributed by atoms with Crippen LogP contribution in [0.25, 0.3) is 0 Å². The molecular weight excluding hydrogens is 424 g/mol. The van der Waals surface area contributed by atoms with Gasteiger partial charge in [0.2, 0.25) is 0 Å². The summed E-state index contributed by atoms with van der Waals surface area (Å²) in [4.78, 5) is 0. The SMILES string of the molecule is C=CCCCCCCCC(C)[C@@H]1O[C@H](CO)[C@@H](Oc2ccc(C)cc2)[C@@H]1Oc1ccc(C)cc1. The van der Waals surface area contributed by atoms with Crippen LogP contribution in [0, 0.1) is 19.8 Å². The van der Waals surface area contributed by atoms with E-state index >= 15 is 0 Å². The van der Waals surface area contributed by atoms with Gasteiger partial charge in [-0.1, -0.05) is 74.1 Å². The van der Waals surface area contributed by atoms with Gasteiger partial charge in [0.05, 0.1) is 6.61 Å². The molecule has 0 bridgehead atoms. The summed E-state index contributed by atoms with van der Waals surface area (Å²) in [6.45, 7) is 10.1. The van der Waals surface area contributed by atoms with Crippen molar-refractivity contribution in [3.8, 4) is 11.5 Å². The summed E-state index contributed by atoms with van der Waals surface area (Å²) < 4.78 is 19.3. The molecule has 1 heterocycles. The molecule has 4 nitrogen and oxygen atoms in total. The number of hydrogen-bond donors (Lipinski definition) is 1. The third-order valence-electron chi connectivity index (χ3n) is 6.74. The molecule has 2 aromatic carbocycles. The molecule has 0 spiro atoms. The lowest BCUT2D eigenvalue weighted by Gasteiger charge is -2.28. The van der Waals surface area contributed by atoms with Crippen molar-refractivity contribution in [1.82, 2.24) is 0 Å². The van der Waals surface area contributed by atoms with Crippen molar-refractivity contribution in [3.05, 3.63) is 72.3 Å². The molecule has 0 aromatic heterocycles. The average Bonchev–Trinajstić information content (AvgIpc) is 3.18. The lowest BCUT2D eigenvalue weighted by atomic mass is 9.92. The Morgan fingerprint density at radius 1 is 0.853 bits per heavy atom. The normalized spacial score (nSPS) is 22.9. The van der Waals surface area contributed by atoms with Crippen LogP contribution in [0.1, 0.15) is 63.0 Å². The second kappa shape index (κ2) is 13.6. The zero-order chi connectivity index (χ0) is 24.3. The Morgan fingerprint density at radius 3 is 1.94 bits per heavy atom. The lowest BCUT2D eigenvalue weighted by Crippen LogP contribution is -2.44. The van der Waals surface area contributed by atoms with Crippen LogP contribution >= 0.6 is 0 Å². The topological polar surface area (TPSA) is 47.9 Å². The fraction of sp³-hybridized carbons (Fsp3) is 0.533. The Bertz CT molecular complexity index is 845. The fourth-order valence-electron chi connectivity index (χ4n) is 4.63. The number of aliphatic hydroxyl groups is 1. The van der Waals surface area contributed by atoms with Crippen molar-refractivity contribution < 1.29 is 19.3 Å².